The normalized spacial score (nSPS) is 14.4. The molecular formula is C11H16N4O3S. The molecule has 1 amide bonds. The quantitative estimate of drug-likeness (QED) is 0.739. The van der Waals surface area contributed by atoms with Gasteiger partial charge in [0.05, 0.1) is 12.2 Å². The molecule has 0 unspecified atom stereocenters. The maximum absolute atomic E-state index is 11.8. The minimum atomic E-state index is -0.902. The van der Waals surface area contributed by atoms with Crippen LogP contribution in [0.3, 0.4) is 0 Å². The molecule has 1 aromatic rings. The molecule has 0 aromatic carbocycles. The van der Waals surface area contributed by atoms with Crippen LogP contribution in [0.25, 0.3) is 0 Å². The number of rotatable bonds is 7. The van der Waals surface area contributed by atoms with Crippen LogP contribution in [0.4, 0.5) is 0 Å². The molecule has 1 heterocycles. The third-order valence-corrected chi connectivity index (χ3v) is 3.83. The molecule has 1 fully saturated rings. The highest BCUT2D eigenvalue weighted by Gasteiger charge is 2.26. The van der Waals surface area contributed by atoms with E-state index >= 15 is 0 Å². The van der Waals surface area contributed by atoms with E-state index in [0.29, 0.717) is 6.04 Å². The van der Waals surface area contributed by atoms with E-state index in [1.807, 2.05) is 4.57 Å². The summed E-state index contributed by atoms with van der Waals surface area (Å²) in [4.78, 5) is 23.7. The number of amides is 1. The number of thioether (sulfide) groups is 1. The van der Waals surface area contributed by atoms with Crippen molar-refractivity contribution in [2.24, 2.45) is 0 Å². The lowest BCUT2D eigenvalue weighted by Crippen LogP contribution is -2.30. The fourth-order valence-corrected chi connectivity index (χ4v) is 2.49. The molecule has 0 spiro atoms. The monoisotopic (exact) mass is 284 g/mol. The van der Waals surface area contributed by atoms with Crippen molar-refractivity contribution in [3.63, 3.8) is 0 Å². The zero-order valence-electron chi connectivity index (χ0n) is 10.7. The zero-order valence-corrected chi connectivity index (χ0v) is 11.5. The Morgan fingerprint density at radius 2 is 2.32 bits per heavy atom. The molecule has 1 aliphatic rings. The van der Waals surface area contributed by atoms with Gasteiger partial charge in [-0.25, -0.2) is 0 Å². The SMILES string of the molecule is CN(CCC(=O)O)C(=O)CSc1nncn1C1CC1. The second kappa shape index (κ2) is 6.05. The van der Waals surface area contributed by atoms with Crippen LogP contribution < -0.4 is 0 Å². The Kier molecular flexibility index (Phi) is 4.41. The lowest BCUT2D eigenvalue weighted by atomic mass is 10.4. The van der Waals surface area contributed by atoms with Crippen molar-refractivity contribution in [2.45, 2.75) is 30.5 Å². The molecule has 0 saturated heterocycles. The van der Waals surface area contributed by atoms with Crippen LogP contribution in [0.2, 0.25) is 0 Å². The van der Waals surface area contributed by atoms with Crippen LogP contribution in [0.1, 0.15) is 25.3 Å². The number of aromatic nitrogens is 3. The Labute approximate surface area is 115 Å². The summed E-state index contributed by atoms with van der Waals surface area (Å²) in [6, 6.07) is 0.484. The van der Waals surface area contributed by atoms with E-state index in [2.05, 4.69) is 10.2 Å². The average molecular weight is 284 g/mol. The summed E-state index contributed by atoms with van der Waals surface area (Å²) < 4.78 is 2.00. The van der Waals surface area contributed by atoms with Crippen LogP contribution >= 0.6 is 11.8 Å². The summed E-state index contributed by atoms with van der Waals surface area (Å²) in [6.45, 7) is 0.226. The first kappa shape index (κ1) is 13.9. The molecule has 1 aromatic heterocycles. The first-order valence-corrected chi connectivity index (χ1v) is 7.04. The molecular weight excluding hydrogens is 268 g/mol. The zero-order chi connectivity index (χ0) is 13.8. The Bertz CT molecular complexity index is 472. The van der Waals surface area contributed by atoms with Gasteiger partial charge in [0.25, 0.3) is 0 Å². The van der Waals surface area contributed by atoms with Crippen LogP contribution in [0.5, 0.6) is 0 Å². The van der Waals surface area contributed by atoms with Crippen LogP contribution in [0.15, 0.2) is 11.5 Å². The highest BCUT2D eigenvalue weighted by molar-refractivity contribution is 7.99. The Balaban J connectivity index is 1.79. The number of carboxylic acids is 1. The lowest BCUT2D eigenvalue weighted by molar-refractivity contribution is -0.137. The van der Waals surface area contributed by atoms with E-state index in [0.717, 1.165) is 18.0 Å². The minimum Gasteiger partial charge on any atom is -0.481 e. The minimum absolute atomic E-state index is 0.0365. The Hall–Kier alpha value is -1.57. The van der Waals surface area contributed by atoms with Crippen molar-refractivity contribution < 1.29 is 14.7 Å². The first-order valence-electron chi connectivity index (χ1n) is 6.06. The summed E-state index contributed by atoms with van der Waals surface area (Å²) in [5.41, 5.74) is 0. The van der Waals surface area contributed by atoms with E-state index in [1.54, 1.807) is 13.4 Å². The second-order valence-corrected chi connectivity index (χ2v) is 5.44. The smallest absolute Gasteiger partial charge is 0.305 e. The third-order valence-electron chi connectivity index (χ3n) is 2.89. The lowest BCUT2D eigenvalue weighted by Gasteiger charge is -2.15. The maximum Gasteiger partial charge on any atom is 0.305 e. The van der Waals surface area contributed by atoms with Crippen LogP contribution in [0, 0.1) is 0 Å². The van der Waals surface area contributed by atoms with Gasteiger partial charge < -0.3 is 14.6 Å². The number of nitrogens with zero attached hydrogens (tertiary/aromatic N) is 4. The molecule has 104 valence electrons. The number of carbonyl (C=O) groups excluding carboxylic acids is 1. The fourth-order valence-electron chi connectivity index (χ4n) is 1.56. The molecule has 0 bridgehead atoms. The topological polar surface area (TPSA) is 88.3 Å². The predicted octanol–water partition coefficient (Wildman–Crippen LogP) is 0.638. The van der Waals surface area contributed by atoms with Gasteiger partial charge in [0.15, 0.2) is 5.16 Å². The molecule has 1 saturated carbocycles. The van der Waals surface area contributed by atoms with Crippen molar-refractivity contribution >= 4 is 23.6 Å². The van der Waals surface area contributed by atoms with Gasteiger partial charge in [0, 0.05) is 19.6 Å². The molecule has 0 atom stereocenters. The predicted molar refractivity (Wildman–Crippen MR) is 68.9 cm³/mol. The van der Waals surface area contributed by atoms with Gasteiger partial charge in [-0.2, -0.15) is 0 Å². The van der Waals surface area contributed by atoms with Crippen molar-refractivity contribution in [2.75, 3.05) is 19.3 Å². The van der Waals surface area contributed by atoms with Crippen molar-refractivity contribution in [3.8, 4) is 0 Å². The number of hydrogen-bond donors (Lipinski definition) is 1. The van der Waals surface area contributed by atoms with E-state index in [4.69, 9.17) is 5.11 Å². The van der Waals surface area contributed by atoms with Gasteiger partial charge in [0.2, 0.25) is 5.91 Å². The number of aliphatic carboxylic acids is 1. The van der Waals surface area contributed by atoms with Crippen LogP contribution in [-0.2, 0) is 9.59 Å². The molecule has 2 rings (SSSR count). The highest BCUT2D eigenvalue weighted by atomic mass is 32.2. The van der Waals surface area contributed by atoms with Gasteiger partial charge in [-0.05, 0) is 12.8 Å². The standard InChI is InChI=1S/C11H16N4O3S/c1-14(5-4-10(17)18)9(16)6-19-11-13-12-7-15(11)8-2-3-8/h7-8H,2-6H2,1H3,(H,17,18). The van der Waals surface area contributed by atoms with Gasteiger partial charge in [-0.15, -0.1) is 10.2 Å². The van der Waals surface area contributed by atoms with E-state index < -0.39 is 5.97 Å². The summed E-state index contributed by atoms with van der Waals surface area (Å²) in [7, 11) is 1.61. The molecule has 1 aliphatic carbocycles. The number of carboxylic acid groups (broad SMARTS) is 1. The third kappa shape index (κ3) is 3.95. The van der Waals surface area contributed by atoms with Gasteiger partial charge in [-0.1, -0.05) is 11.8 Å². The van der Waals surface area contributed by atoms with Crippen molar-refractivity contribution in [1.29, 1.82) is 0 Å². The van der Waals surface area contributed by atoms with Gasteiger partial charge in [0.1, 0.15) is 6.33 Å². The Morgan fingerprint density at radius 1 is 1.58 bits per heavy atom. The van der Waals surface area contributed by atoms with Crippen molar-refractivity contribution in [1.82, 2.24) is 19.7 Å². The van der Waals surface area contributed by atoms with E-state index in [1.165, 1.54) is 16.7 Å². The molecule has 19 heavy (non-hydrogen) atoms. The first-order chi connectivity index (χ1) is 9.08. The number of carbonyl (C=O) groups is 2. The molecule has 7 nitrogen and oxygen atoms in total. The maximum atomic E-state index is 11.8. The van der Waals surface area contributed by atoms with Crippen LogP contribution in [-0.4, -0.2) is 56.0 Å². The summed E-state index contributed by atoms with van der Waals surface area (Å²) in [6.07, 6.45) is 3.93. The van der Waals surface area contributed by atoms with E-state index in [9.17, 15) is 9.59 Å². The number of hydrogen-bond acceptors (Lipinski definition) is 5. The molecule has 0 radical (unpaired) electrons. The molecule has 0 aliphatic heterocycles. The van der Waals surface area contributed by atoms with Gasteiger partial charge in [-0.3, -0.25) is 9.59 Å². The largest absolute Gasteiger partial charge is 0.481 e. The molecule has 1 N–H and O–H groups in total. The highest BCUT2D eigenvalue weighted by Crippen LogP contribution is 2.37. The molecule has 8 heteroatoms. The summed E-state index contributed by atoms with van der Waals surface area (Å²) in [5, 5.41) is 17.2. The van der Waals surface area contributed by atoms with Gasteiger partial charge >= 0.3 is 5.97 Å². The summed E-state index contributed by atoms with van der Waals surface area (Å²) in [5.74, 6) is -0.751. The van der Waals surface area contributed by atoms with Crippen molar-refractivity contribution in [3.05, 3.63) is 6.33 Å². The fraction of sp³-hybridized carbons (Fsp3) is 0.636. The second-order valence-electron chi connectivity index (χ2n) is 4.50. The Morgan fingerprint density at radius 3 is 2.95 bits per heavy atom. The average Bonchev–Trinajstić information content (AvgIpc) is 3.12. The van der Waals surface area contributed by atoms with E-state index in [-0.39, 0.29) is 24.6 Å². The summed E-state index contributed by atoms with van der Waals surface area (Å²) >= 11 is 1.34.